The molecule has 10 rings (SSSR count). The van der Waals surface area contributed by atoms with Gasteiger partial charge in [-0.15, -0.1) is 0 Å². The Balaban J connectivity index is 0.922. The van der Waals surface area contributed by atoms with Gasteiger partial charge in [0.15, 0.2) is 0 Å². The van der Waals surface area contributed by atoms with Crippen LogP contribution in [0.1, 0.15) is 94.6 Å². The van der Waals surface area contributed by atoms with Crippen LogP contribution in [0.15, 0.2) is 91.0 Å². The third kappa shape index (κ3) is 8.36. The summed E-state index contributed by atoms with van der Waals surface area (Å²) >= 11 is 0. The number of H-pyrrole nitrogens is 2. The second-order valence-electron chi connectivity index (χ2n) is 18.9. The van der Waals surface area contributed by atoms with Gasteiger partial charge in [0.1, 0.15) is 23.7 Å². The normalized spacial score (nSPS) is 21.0. The predicted molar refractivity (Wildman–Crippen MR) is 258 cm³/mol. The number of likely N-dealkylation sites (tertiary alicyclic amines) is 2. The maximum atomic E-state index is 14.6. The van der Waals surface area contributed by atoms with Crippen LogP contribution in [0.2, 0.25) is 0 Å². The van der Waals surface area contributed by atoms with Gasteiger partial charge in [0.25, 0.3) is 0 Å². The fourth-order valence-electron chi connectivity index (χ4n) is 10.5. The fourth-order valence-corrected chi connectivity index (χ4v) is 10.5. The van der Waals surface area contributed by atoms with E-state index < -0.39 is 18.2 Å². The molecule has 1 saturated carbocycles. The molecule has 346 valence electrons. The lowest BCUT2D eigenvalue weighted by molar-refractivity contribution is -0.138. The Morgan fingerprint density at radius 1 is 0.761 bits per heavy atom. The molecule has 1 aliphatic carbocycles. The Hall–Kier alpha value is -6.80. The van der Waals surface area contributed by atoms with E-state index >= 15 is 0 Å². The molecule has 0 spiro atoms. The van der Waals surface area contributed by atoms with E-state index in [1.165, 1.54) is 7.11 Å². The molecule has 0 unspecified atom stereocenters. The van der Waals surface area contributed by atoms with Crippen LogP contribution in [0.25, 0.3) is 54.7 Å². The molecule has 67 heavy (non-hydrogen) atoms. The predicted octanol–water partition coefficient (Wildman–Crippen LogP) is 9.04. The summed E-state index contributed by atoms with van der Waals surface area (Å²) in [7, 11) is 2.99. The lowest BCUT2D eigenvalue weighted by atomic mass is 9.97. The largest absolute Gasteiger partial charge is 0.453 e. The molecule has 4 amide bonds. The van der Waals surface area contributed by atoms with Crippen LogP contribution in [0.4, 0.5) is 4.79 Å². The first-order valence-electron chi connectivity index (χ1n) is 23.7. The number of rotatable bonds is 13. The van der Waals surface area contributed by atoms with Crippen molar-refractivity contribution in [3.05, 3.63) is 108 Å². The van der Waals surface area contributed by atoms with E-state index in [4.69, 9.17) is 19.4 Å². The van der Waals surface area contributed by atoms with Gasteiger partial charge in [0, 0.05) is 42.3 Å². The summed E-state index contributed by atoms with van der Waals surface area (Å²) < 4.78 is 10.5. The number of carbonyl (C=O) groups excluding carboxylic acids is 4. The van der Waals surface area contributed by atoms with Gasteiger partial charge in [-0.05, 0) is 96.7 Å². The first kappa shape index (κ1) is 44.1. The highest BCUT2D eigenvalue weighted by molar-refractivity contribution is 6.07. The average molecular weight is 903 g/mol. The maximum Gasteiger partial charge on any atom is 0.407 e. The number of amides is 4. The van der Waals surface area contributed by atoms with Crippen molar-refractivity contribution < 1.29 is 28.7 Å². The Morgan fingerprint density at radius 3 is 1.97 bits per heavy atom. The molecule has 3 aliphatic rings. The van der Waals surface area contributed by atoms with E-state index in [1.54, 1.807) is 7.11 Å². The molecule has 14 heteroatoms. The summed E-state index contributed by atoms with van der Waals surface area (Å²) in [5.41, 5.74) is 6.36. The van der Waals surface area contributed by atoms with Gasteiger partial charge in [-0.1, -0.05) is 87.0 Å². The summed E-state index contributed by atoms with van der Waals surface area (Å²) in [5.74, 6) is 1.11. The number of alkyl carbamates (subject to hydrolysis) is 1. The zero-order valence-corrected chi connectivity index (χ0v) is 38.7. The van der Waals surface area contributed by atoms with Crippen LogP contribution >= 0.6 is 0 Å². The standard InChI is InChI=1S/C53H58N8O6/c1-6-29(2)44(59-53(65)67-5)52(64)61-30(3)12-23-42(61)48-54-40-21-17-36-25-34(15-19-38(36)46(40)56-48)35-16-20-39-37(26-35)18-22-41-47(39)57-49(55-41)43-24-31(28-66-4)27-60(43)51(63)45(32-10-8-7-9-11-32)58-50(62)33-13-14-33/h7-11,15-22,25-26,29-31,33,42-45H,6,12-14,23-24,27-28H2,1-5H3,(H,54,56)(H,55,57)(H,58,62)(H,59,65)/t29-,30-,31-,42-,43-,44-,45+/m0/s1. The number of aromatic nitrogens is 4. The monoisotopic (exact) mass is 902 g/mol. The summed E-state index contributed by atoms with van der Waals surface area (Å²) in [5, 5.41) is 9.99. The van der Waals surface area contributed by atoms with E-state index in [0.717, 1.165) is 98.2 Å². The lowest BCUT2D eigenvalue weighted by Crippen LogP contribution is -2.53. The number of hydrogen-bond acceptors (Lipinski definition) is 8. The number of nitrogens with one attached hydrogen (secondary N) is 4. The van der Waals surface area contributed by atoms with Crippen molar-refractivity contribution in [3.8, 4) is 11.1 Å². The molecule has 5 aromatic carbocycles. The highest BCUT2D eigenvalue weighted by Gasteiger charge is 2.44. The first-order chi connectivity index (χ1) is 32.5. The molecule has 7 atom stereocenters. The molecule has 3 fully saturated rings. The highest BCUT2D eigenvalue weighted by atomic mass is 16.5. The van der Waals surface area contributed by atoms with Crippen molar-refractivity contribution in [1.29, 1.82) is 0 Å². The van der Waals surface area contributed by atoms with Gasteiger partial charge in [-0.2, -0.15) is 0 Å². The van der Waals surface area contributed by atoms with E-state index in [-0.39, 0.29) is 53.6 Å². The quantitative estimate of drug-likeness (QED) is 0.0887. The molecular formula is C53H58N8O6. The van der Waals surface area contributed by atoms with Crippen molar-refractivity contribution in [2.45, 2.75) is 89.5 Å². The number of carbonyl (C=O) groups is 4. The van der Waals surface area contributed by atoms with Gasteiger partial charge in [0.2, 0.25) is 17.7 Å². The number of aromatic amines is 2. The molecule has 2 aliphatic heterocycles. The van der Waals surface area contributed by atoms with Crippen LogP contribution in [0, 0.1) is 17.8 Å². The van der Waals surface area contributed by atoms with Crippen LogP contribution in [0.5, 0.6) is 0 Å². The van der Waals surface area contributed by atoms with Crippen molar-refractivity contribution in [1.82, 2.24) is 40.4 Å². The number of hydrogen-bond donors (Lipinski definition) is 4. The summed E-state index contributed by atoms with van der Waals surface area (Å²) in [6.07, 6.45) is 4.08. The zero-order chi connectivity index (χ0) is 46.5. The smallest absolute Gasteiger partial charge is 0.407 e. The van der Waals surface area contributed by atoms with E-state index in [1.807, 2.05) is 54.0 Å². The van der Waals surface area contributed by atoms with Crippen molar-refractivity contribution in [2.24, 2.45) is 17.8 Å². The molecule has 4 heterocycles. The zero-order valence-electron chi connectivity index (χ0n) is 38.7. The van der Waals surface area contributed by atoms with Crippen molar-refractivity contribution in [2.75, 3.05) is 27.4 Å². The topological polar surface area (TPSA) is 175 Å². The van der Waals surface area contributed by atoms with Crippen LogP contribution in [-0.4, -0.2) is 93.0 Å². The van der Waals surface area contributed by atoms with Gasteiger partial charge < -0.3 is 39.9 Å². The Labute approximate surface area is 389 Å². The average Bonchev–Trinajstić information content (AvgIpc) is 3.61. The molecule has 0 radical (unpaired) electrons. The third-order valence-electron chi connectivity index (χ3n) is 14.5. The minimum atomic E-state index is -0.796. The first-order valence-corrected chi connectivity index (χ1v) is 23.7. The van der Waals surface area contributed by atoms with E-state index in [0.29, 0.717) is 25.4 Å². The van der Waals surface area contributed by atoms with Gasteiger partial charge in [-0.3, -0.25) is 14.4 Å². The summed E-state index contributed by atoms with van der Waals surface area (Å²) in [6, 6.07) is 28.6. The second-order valence-corrected chi connectivity index (χ2v) is 18.9. The number of benzene rings is 5. The fraction of sp³-hybridized carbons (Fsp3) is 0.396. The van der Waals surface area contributed by atoms with Gasteiger partial charge in [0.05, 0.1) is 47.9 Å². The van der Waals surface area contributed by atoms with Crippen LogP contribution in [-0.2, 0) is 23.9 Å². The number of nitrogens with zero attached hydrogens (tertiary/aromatic N) is 4. The number of ether oxygens (including phenoxy) is 2. The Kier molecular flexibility index (Phi) is 11.9. The number of methoxy groups -OCH3 is 2. The van der Waals surface area contributed by atoms with E-state index in [2.05, 4.69) is 88.2 Å². The van der Waals surface area contributed by atoms with Crippen molar-refractivity contribution >= 4 is 67.4 Å². The molecule has 14 nitrogen and oxygen atoms in total. The SMILES string of the molecule is CC[C@H](C)[C@H](NC(=O)OC)C(=O)N1[C@@H](C)CC[C@H]1c1nc2c(ccc3cc(-c4ccc5c(ccc6[nH]c([C@@H]7C[C@H](COC)CN7C(=O)[C@H](NC(=O)C7CC7)c7ccccc7)nc65)c4)ccc32)[nH]1. The highest BCUT2D eigenvalue weighted by Crippen LogP contribution is 2.41. The minimum absolute atomic E-state index is 0.0163. The summed E-state index contributed by atoms with van der Waals surface area (Å²) in [6.45, 7) is 7.04. The summed E-state index contributed by atoms with van der Waals surface area (Å²) in [4.78, 5) is 75.3. The maximum absolute atomic E-state index is 14.6. The third-order valence-corrected chi connectivity index (χ3v) is 14.5. The van der Waals surface area contributed by atoms with Crippen molar-refractivity contribution in [3.63, 3.8) is 0 Å². The second kappa shape index (κ2) is 18.1. The van der Waals surface area contributed by atoms with Crippen LogP contribution in [0.3, 0.4) is 0 Å². The van der Waals surface area contributed by atoms with Gasteiger partial charge in [-0.25, -0.2) is 14.8 Å². The number of imidazole rings is 2. The van der Waals surface area contributed by atoms with Gasteiger partial charge >= 0.3 is 6.09 Å². The molecular weight excluding hydrogens is 845 g/mol. The van der Waals surface area contributed by atoms with Crippen LogP contribution < -0.4 is 10.6 Å². The molecule has 0 bridgehead atoms. The minimum Gasteiger partial charge on any atom is -0.453 e. The molecule has 2 saturated heterocycles. The Morgan fingerprint density at radius 2 is 1.39 bits per heavy atom. The molecule has 2 aromatic heterocycles. The Bertz CT molecular complexity index is 3020. The lowest BCUT2D eigenvalue weighted by Gasteiger charge is -2.33. The molecule has 4 N–H and O–H groups in total. The number of fused-ring (bicyclic) bond motifs is 6. The molecule has 7 aromatic rings. The van der Waals surface area contributed by atoms with E-state index in [9.17, 15) is 19.2 Å².